The normalized spacial score (nSPS) is 18.7. The van der Waals surface area contributed by atoms with E-state index < -0.39 is 60.2 Å². The molecule has 2 fully saturated rings. The highest BCUT2D eigenvalue weighted by molar-refractivity contribution is 6.31. The molecule has 9 nitrogen and oxygen atoms in total. The highest BCUT2D eigenvalue weighted by Crippen LogP contribution is 2.40. The van der Waals surface area contributed by atoms with Crippen molar-refractivity contribution in [1.82, 2.24) is 10.3 Å². The van der Waals surface area contributed by atoms with Crippen molar-refractivity contribution in [2.45, 2.75) is 69.2 Å². The summed E-state index contributed by atoms with van der Waals surface area (Å²) in [5.74, 6) is -4.59. The summed E-state index contributed by atoms with van der Waals surface area (Å²) < 4.78 is 27.4. The quantitative estimate of drug-likeness (QED) is 0.364. The highest BCUT2D eigenvalue weighted by Gasteiger charge is 2.48. The van der Waals surface area contributed by atoms with Gasteiger partial charge in [0.25, 0.3) is 11.8 Å². The average molecular weight is 622 g/mol. The van der Waals surface area contributed by atoms with Gasteiger partial charge in [-0.1, -0.05) is 41.9 Å². The molecule has 1 aliphatic heterocycles. The van der Waals surface area contributed by atoms with Crippen LogP contribution in [-0.4, -0.2) is 45.8 Å². The van der Waals surface area contributed by atoms with Gasteiger partial charge in [0, 0.05) is 47.8 Å². The zero-order valence-corrected chi connectivity index (χ0v) is 24.8. The number of aliphatic hydroxyl groups is 1. The van der Waals surface area contributed by atoms with Gasteiger partial charge in [0.15, 0.2) is 0 Å². The van der Waals surface area contributed by atoms with Crippen molar-refractivity contribution >= 4 is 40.8 Å². The van der Waals surface area contributed by atoms with E-state index in [1.165, 1.54) is 28.1 Å². The number of aromatic nitrogens is 1. The number of carbonyl (C=O) groups is 3. The average Bonchev–Trinajstić information content (AvgIpc) is 3.36. The van der Waals surface area contributed by atoms with Gasteiger partial charge in [0.1, 0.15) is 17.9 Å². The lowest BCUT2D eigenvalue weighted by Crippen LogP contribution is -2.56. The van der Waals surface area contributed by atoms with Crippen molar-refractivity contribution in [3.63, 3.8) is 0 Å². The SMILES string of the molecule is CC(C)(O)c1cccc(N(C(=O)C2CCC(=O)N2c2cc(C#N)ccn2)C(C(=O)NC2CC(F)(F)C2)c2ccccc2Cl)c1. The standard InChI is InChI=1S/C32H30ClF2N5O4/c1-31(2,44)20-6-5-7-22(15-20)39(30(43)25-10-11-27(41)40(25)26-14-19(18-36)12-13-37-26)28(23-8-3-4-9-24(23)33)29(42)38-21-16-32(34,35)17-21/h3-9,12-15,21,25,28,44H,10-11,16-17H2,1-2H3,(H,38,42). The molecule has 2 aromatic carbocycles. The third-order valence-corrected chi connectivity index (χ3v) is 8.17. The van der Waals surface area contributed by atoms with Gasteiger partial charge in [-0.3, -0.25) is 24.2 Å². The molecule has 2 atom stereocenters. The monoisotopic (exact) mass is 621 g/mol. The van der Waals surface area contributed by atoms with Crippen molar-refractivity contribution in [2.75, 3.05) is 9.80 Å². The molecule has 2 aliphatic rings. The molecule has 3 aromatic rings. The fourth-order valence-corrected chi connectivity index (χ4v) is 5.80. The van der Waals surface area contributed by atoms with E-state index >= 15 is 0 Å². The molecule has 0 bridgehead atoms. The zero-order chi connectivity index (χ0) is 31.8. The summed E-state index contributed by atoms with van der Waals surface area (Å²) in [5, 5.41) is 23.0. The fraction of sp³-hybridized carbons (Fsp3) is 0.344. The molecule has 5 rings (SSSR count). The molecule has 1 saturated carbocycles. The Kier molecular flexibility index (Phi) is 8.42. The van der Waals surface area contributed by atoms with Gasteiger partial charge < -0.3 is 10.4 Å². The van der Waals surface area contributed by atoms with Gasteiger partial charge in [-0.2, -0.15) is 5.26 Å². The van der Waals surface area contributed by atoms with E-state index in [2.05, 4.69) is 10.3 Å². The number of anilines is 2. The lowest BCUT2D eigenvalue weighted by molar-refractivity contribution is -0.133. The number of hydrogen-bond acceptors (Lipinski definition) is 6. The second-order valence-electron chi connectivity index (χ2n) is 11.5. The Hall–Kier alpha value is -4.40. The van der Waals surface area contributed by atoms with Crippen LogP contribution in [0, 0.1) is 11.3 Å². The van der Waals surface area contributed by atoms with Gasteiger partial charge in [0.2, 0.25) is 11.8 Å². The molecule has 228 valence electrons. The topological polar surface area (TPSA) is 127 Å². The minimum Gasteiger partial charge on any atom is -0.386 e. The van der Waals surface area contributed by atoms with Crippen molar-refractivity contribution < 1.29 is 28.3 Å². The number of nitriles is 1. The maximum atomic E-state index is 14.7. The van der Waals surface area contributed by atoms with Crippen LogP contribution in [0.2, 0.25) is 5.02 Å². The molecular formula is C32H30ClF2N5O4. The first-order valence-corrected chi connectivity index (χ1v) is 14.4. The summed E-state index contributed by atoms with van der Waals surface area (Å²) in [6.07, 6.45) is 0.375. The van der Waals surface area contributed by atoms with Crippen LogP contribution in [0.5, 0.6) is 0 Å². The van der Waals surface area contributed by atoms with Crippen molar-refractivity contribution in [1.29, 1.82) is 5.26 Å². The summed E-state index contributed by atoms with van der Waals surface area (Å²) in [7, 11) is 0. The molecular weight excluding hydrogens is 592 g/mol. The van der Waals surface area contributed by atoms with E-state index in [1.54, 1.807) is 62.4 Å². The van der Waals surface area contributed by atoms with Crippen LogP contribution in [0.1, 0.15) is 62.3 Å². The summed E-state index contributed by atoms with van der Waals surface area (Å²) in [5.41, 5.74) is -0.192. The lowest BCUT2D eigenvalue weighted by atomic mass is 9.87. The number of halogens is 3. The third kappa shape index (κ3) is 6.27. The van der Waals surface area contributed by atoms with Crippen LogP contribution in [0.3, 0.4) is 0 Å². The molecule has 2 N–H and O–H groups in total. The summed E-state index contributed by atoms with van der Waals surface area (Å²) >= 11 is 6.59. The molecule has 1 aliphatic carbocycles. The van der Waals surface area contributed by atoms with Crippen LogP contribution >= 0.6 is 11.6 Å². The first kappa shape index (κ1) is 31.0. The van der Waals surface area contributed by atoms with Gasteiger partial charge in [-0.05, 0) is 56.2 Å². The molecule has 12 heteroatoms. The van der Waals surface area contributed by atoms with E-state index in [-0.39, 0.29) is 40.5 Å². The summed E-state index contributed by atoms with van der Waals surface area (Å²) in [6.45, 7) is 3.14. The third-order valence-electron chi connectivity index (χ3n) is 7.83. The lowest BCUT2D eigenvalue weighted by Gasteiger charge is -2.39. The Bertz CT molecular complexity index is 1650. The largest absolute Gasteiger partial charge is 0.386 e. The Morgan fingerprint density at radius 3 is 2.57 bits per heavy atom. The minimum atomic E-state index is -2.90. The van der Waals surface area contributed by atoms with Crippen molar-refractivity contribution in [3.8, 4) is 6.07 Å². The number of hydrogen-bond donors (Lipinski definition) is 2. The Morgan fingerprint density at radius 2 is 1.91 bits per heavy atom. The number of carbonyl (C=O) groups excluding carboxylic acids is 3. The zero-order valence-electron chi connectivity index (χ0n) is 24.0. The molecule has 2 unspecified atom stereocenters. The molecule has 1 aromatic heterocycles. The summed E-state index contributed by atoms with van der Waals surface area (Å²) in [6, 6.07) is 14.3. The van der Waals surface area contributed by atoms with E-state index in [0.29, 0.717) is 5.56 Å². The minimum absolute atomic E-state index is 0.00648. The maximum absolute atomic E-state index is 14.7. The van der Waals surface area contributed by atoms with Crippen LogP contribution in [0.4, 0.5) is 20.3 Å². The number of pyridine rings is 1. The van der Waals surface area contributed by atoms with Gasteiger partial charge in [-0.15, -0.1) is 0 Å². The van der Waals surface area contributed by atoms with E-state index in [1.807, 2.05) is 6.07 Å². The predicted octanol–water partition coefficient (Wildman–Crippen LogP) is 5.02. The Labute approximate surface area is 258 Å². The molecule has 44 heavy (non-hydrogen) atoms. The van der Waals surface area contributed by atoms with Crippen molar-refractivity contribution in [3.05, 3.63) is 88.6 Å². The van der Waals surface area contributed by atoms with E-state index in [4.69, 9.17) is 11.6 Å². The second kappa shape index (κ2) is 11.9. The number of benzene rings is 2. The van der Waals surface area contributed by atoms with Crippen LogP contribution in [0.25, 0.3) is 0 Å². The number of alkyl halides is 2. The van der Waals surface area contributed by atoms with E-state index in [9.17, 15) is 33.5 Å². The van der Waals surface area contributed by atoms with Crippen molar-refractivity contribution in [2.24, 2.45) is 0 Å². The van der Waals surface area contributed by atoms with Gasteiger partial charge >= 0.3 is 0 Å². The molecule has 2 heterocycles. The Morgan fingerprint density at radius 1 is 1.18 bits per heavy atom. The fourth-order valence-electron chi connectivity index (χ4n) is 5.56. The smallest absolute Gasteiger partial charge is 0.252 e. The van der Waals surface area contributed by atoms with Gasteiger partial charge in [0.05, 0.1) is 17.2 Å². The predicted molar refractivity (Wildman–Crippen MR) is 159 cm³/mol. The van der Waals surface area contributed by atoms with Crippen LogP contribution in [-0.2, 0) is 20.0 Å². The first-order valence-electron chi connectivity index (χ1n) is 14.1. The molecule has 0 radical (unpaired) electrons. The number of nitrogens with zero attached hydrogens (tertiary/aromatic N) is 4. The highest BCUT2D eigenvalue weighted by atomic mass is 35.5. The van der Waals surface area contributed by atoms with Gasteiger partial charge in [-0.25, -0.2) is 13.8 Å². The number of rotatable bonds is 8. The molecule has 1 saturated heterocycles. The van der Waals surface area contributed by atoms with E-state index in [0.717, 1.165) is 0 Å². The molecule has 3 amide bonds. The number of nitrogens with one attached hydrogen (secondary N) is 1. The first-order chi connectivity index (χ1) is 20.8. The number of amides is 3. The summed E-state index contributed by atoms with van der Waals surface area (Å²) in [4.78, 5) is 48.6. The second-order valence-corrected chi connectivity index (χ2v) is 12.0. The molecule has 0 spiro atoms. The van der Waals surface area contributed by atoms with Crippen LogP contribution < -0.4 is 15.1 Å². The maximum Gasteiger partial charge on any atom is 0.252 e. The Balaban J connectivity index is 1.65. The van der Waals surface area contributed by atoms with Crippen LogP contribution in [0.15, 0.2) is 66.9 Å².